The van der Waals surface area contributed by atoms with E-state index in [0.29, 0.717) is 43.0 Å². The van der Waals surface area contributed by atoms with Crippen LogP contribution in [0.4, 0.5) is 11.4 Å². The summed E-state index contributed by atoms with van der Waals surface area (Å²) in [4.78, 5) is 41.5. The second kappa shape index (κ2) is 12.7. The normalized spacial score (nSPS) is 13.7. The number of carbonyl (C=O) groups is 3. The number of nitrogen functional groups attached to an aromatic ring is 1. The molecule has 40 heavy (non-hydrogen) atoms. The Bertz CT molecular complexity index is 1390. The molecule has 1 atom stereocenters. The van der Waals surface area contributed by atoms with Crippen molar-refractivity contribution in [1.29, 1.82) is 5.41 Å². The molecule has 6 N–H and O–H groups in total. The molecule has 1 aliphatic heterocycles. The molecule has 3 aromatic rings. The lowest BCUT2D eigenvalue weighted by Gasteiger charge is -2.36. The average molecular weight is 545 g/mol. The van der Waals surface area contributed by atoms with Crippen LogP contribution in [0.2, 0.25) is 0 Å². The third-order valence-electron chi connectivity index (χ3n) is 6.71. The Balaban J connectivity index is 1.42. The monoisotopic (exact) mass is 544 g/mol. The number of benzene rings is 3. The van der Waals surface area contributed by atoms with Gasteiger partial charge in [-0.15, -0.1) is 0 Å². The van der Waals surface area contributed by atoms with Gasteiger partial charge in [-0.3, -0.25) is 15.0 Å². The molecular weight excluding hydrogens is 512 g/mol. The highest BCUT2D eigenvalue weighted by Crippen LogP contribution is 2.28. The topological polar surface area (TPSA) is 161 Å². The number of hydrogen-bond acceptors (Lipinski definition) is 7. The van der Waals surface area contributed by atoms with Crippen LogP contribution in [0.1, 0.15) is 27.5 Å². The van der Waals surface area contributed by atoms with Crippen molar-refractivity contribution in [1.82, 2.24) is 10.2 Å². The van der Waals surface area contributed by atoms with Crippen molar-refractivity contribution in [3.63, 3.8) is 0 Å². The van der Waals surface area contributed by atoms with Gasteiger partial charge in [-0.25, -0.2) is 4.79 Å². The maximum absolute atomic E-state index is 13.3. The summed E-state index contributed by atoms with van der Waals surface area (Å²) >= 11 is 0. The summed E-state index contributed by atoms with van der Waals surface area (Å²) in [6.07, 6.45) is 0. The number of amidine groups is 1. The summed E-state index contributed by atoms with van der Waals surface area (Å²) < 4.78 is 5.45. The fraction of sp³-hybridized carbons (Fsp3) is 0.241. The molecule has 0 aliphatic carbocycles. The van der Waals surface area contributed by atoms with Crippen molar-refractivity contribution in [2.24, 2.45) is 5.73 Å². The standard InChI is InChI=1S/C29H32N6O5/c1-40-24-8-3-2-7-23(24)34-13-15-35(16-14-34)25(36)18-32-28(37)26(19-9-11-20(12-10-19)29(38)39)33-22-6-4-5-21(17-22)27(30)31/h2-12,17,26,33H,13-16,18H2,1H3,(H3,30,31)(H,32,37)(H,38,39). The number of para-hydroxylation sites is 2. The molecule has 4 rings (SSSR count). The Hall–Kier alpha value is -5.06. The van der Waals surface area contributed by atoms with Gasteiger partial charge >= 0.3 is 5.97 Å². The zero-order valence-corrected chi connectivity index (χ0v) is 22.1. The molecule has 11 heteroatoms. The lowest BCUT2D eigenvalue weighted by Crippen LogP contribution is -2.51. The van der Waals surface area contributed by atoms with Crippen molar-refractivity contribution in [2.75, 3.05) is 50.1 Å². The van der Waals surface area contributed by atoms with Crippen molar-refractivity contribution in [3.8, 4) is 5.75 Å². The quantitative estimate of drug-likeness (QED) is 0.192. The highest BCUT2D eigenvalue weighted by Gasteiger charge is 2.26. The van der Waals surface area contributed by atoms with Crippen LogP contribution in [0, 0.1) is 5.41 Å². The number of aromatic carboxylic acids is 1. The van der Waals surface area contributed by atoms with E-state index in [1.165, 1.54) is 12.1 Å². The Morgan fingerprint density at radius 2 is 1.68 bits per heavy atom. The average Bonchev–Trinajstić information content (AvgIpc) is 2.98. The van der Waals surface area contributed by atoms with Crippen molar-refractivity contribution in [2.45, 2.75) is 6.04 Å². The molecule has 3 aromatic carbocycles. The molecule has 1 fully saturated rings. The number of anilines is 2. The van der Waals surface area contributed by atoms with Crippen LogP contribution in [0.15, 0.2) is 72.8 Å². The molecule has 11 nitrogen and oxygen atoms in total. The second-order valence-corrected chi connectivity index (χ2v) is 9.26. The summed E-state index contributed by atoms with van der Waals surface area (Å²) in [5.41, 5.74) is 8.19. The maximum atomic E-state index is 13.3. The van der Waals surface area contributed by atoms with E-state index < -0.39 is 17.9 Å². The number of amides is 2. The van der Waals surface area contributed by atoms with E-state index in [2.05, 4.69) is 15.5 Å². The van der Waals surface area contributed by atoms with E-state index in [1.807, 2.05) is 24.3 Å². The minimum absolute atomic E-state index is 0.0870. The summed E-state index contributed by atoms with van der Waals surface area (Å²) in [7, 11) is 1.63. The number of carboxylic acid groups (broad SMARTS) is 1. The molecule has 1 aliphatic rings. The minimum atomic E-state index is -1.08. The van der Waals surface area contributed by atoms with Gasteiger partial charge in [0.1, 0.15) is 17.6 Å². The summed E-state index contributed by atoms with van der Waals surface area (Å²) in [5, 5.41) is 22.8. The highest BCUT2D eigenvalue weighted by molar-refractivity contribution is 5.96. The van der Waals surface area contributed by atoms with E-state index in [0.717, 1.165) is 11.4 Å². The van der Waals surface area contributed by atoms with Crippen LogP contribution in [-0.4, -0.2) is 73.5 Å². The molecule has 0 radical (unpaired) electrons. The fourth-order valence-electron chi connectivity index (χ4n) is 4.53. The molecule has 2 amide bonds. The van der Waals surface area contributed by atoms with Gasteiger partial charge in [0.2, 0.25) is 11.8 Å². The first-order valence-electron chi connectivity index (χ1n) is 12.7. The fourth-order valence-corrected chi connectivity index (χ4v) is 4.53. The van der Waals surface area contributed by atoms with E-state index in [4.69, 9.17) is 15.9 Å². The molecule has 1 heterocycles. The van der Waals surface area contributed by atoms with E-state index in [-0.39, 0.29) is 23.9 Å². The molecule has 0 aromatic heterocycles. The van der Waals surface area contributed by atoms with Crippen LogP contribution < -0.4 is 26.0 Å². The molecule has 1 unspecified atom stereocenters. The van der Waals surface area contributed by atoms with Crippen LogP contribution in [-0.2, 0) is 9.59 Å². The predicted octanol–water partition coefficient (Wildman–Crippen LogP) is 2.30. The Morgan fingerprint density at radius 1 is 0.975 bits per heavy atom. The molecule has 1 saturated heterocycles. The number of hydrogen-bond donors (Lipinski definition) is 5. The van der Waals surface area contributed by atoms with E-state index in [1.54, 1.807) is 48.4 Å². The second-order valence-electron chi connectivity index (χ2n) is 9.26. The molecule has 0 spiro atoms. The summed E-state index contributed by atoms with van der Waals surface area (Å²) in [6.45, 7) is 2.08. The smallest absolute Gasteiger partial charge is 0.335 e. The number of nitrogens with one attached hydrogen (secondary N) is 3. The number of piperazine rings is 1. The molecule has 0 saturated carbocycles. The lowest BCUT2D eigenvalue weighted by molar-refractivity contribution is -0.133. The van der Waals surface area contributed by atoms with Crippen LogP contribution in [0.5, 0.6) is 5.75 Å². The van der Waals surface area contributed by atoms with Gasteiger partial charge < -0.3 is 36.0 Å². The van der Waals surface area contributed by atoms with Gasteiger partial charge in [-0.2, -0.15) is 0 Å². The number of carboxylic acids is 1. The maximum Gasteiger partial charge on any atom is 0.335 e. The number of rotatable bonds is 10. The zero-order valence-electron chi connectivity index (χ0n) is 22.1. The predicted molar refractivity (Wildman–Crippen MR) is 152 cm³/mol. The minimum Gasteiger partial charge on any atom is -0.495 e. The van der Waals surface area contributed by atoms with Gasteiger partial charge in [-0.1, -0.05) is 36.4 Å². The Labute approximate surface area is 232 Å². The van der Waals surface area contributed by atoms with Crippen LogP contribution in [0.3, 0.4) is 0 Å². The van der Waals surface area contributed by atoms with Crippen molar-refractivity contribution < 1.29 is 24.2 Å². The van der Waals surface area contributed by atoms with Crippen LogP contribution in [0.25, 0.3) is 0 Å². The molecular formula is C29H32N6O5. The van der Waals surface area contributed by atoms with Gasteiger partial charge in [0.05, 0.1) is 24.9 Å². The molecule has 0 bridgehead atoms. The number of methoxy groups -OCH3 is 1. The first-order valence-corrected chi connectivity index (χ1v) is 12.7. The Kier molecular flexibility index (Phi) is 8.85. The number of carbonyl (C=O) groups excluding carboxylic acids is 2. The van der Waals surface area contributed by atoms with Crippen molar-refractivity contribution in [3.05, 3.63) is 89.5 Å². The summed E-state index contributed by atoms with van der Waals surface area (Å²) in [5.74, 6) is -1.08. The SMILES string of the molecule is COc1ccccc1N1CCN(C(=O)CNC(=O)C(Nc2cccc(C(=N)N)c2)c2ccc(C(=O)O)cc2)CC1. The van der Waals surface area contributed by atoms with Crippen molar-refractivity contribution >= 4 is 35.0 Å². The van der Waals surface area contributed by atoms with Gasteiger partial charge in [0, 0.05) is 37.4 Å². The van der Waals surface area contributed by atoms with Gasteiger partial charge in [0.25, 0.3) is 0 Å². The first-order chi connectivity index (χ1) is 19.3. The number of nitrogens with two attached hydrogens (primary N) is 1. The highest BCUT2D eigenvalue weighted by atomic mass is 16.5. The number of nitrogens with zero attached hydrogens (tertiary/aromatic N) is 2. The van der Waals surface area contributed by atoms with E-state index in [9.17, 15) is 19.5 Å². The largest absolute Gasteiger partial charge is 0.495 e. The number of ether oxygens (including phenoxy) is 1. The Morgan fingerprint density at radius 3 is 2.33 bits per heavy atom. The van der Waals surface area contributed by atoms with Crippen LogP contribution >= 0.6 is 0 Å². The summed E-state index contributed by atoms with van der Waals surface area (Å²) in [6, 6.07) is 19.5. The van der Waals surface area contributed by atoms with E-state index >= 15 is 0 Å². The lowest BCUT2D eigenvalue weighted by atomic mass is 10.0. The first kappa shape index (κ1) is 28.0. The van der Waals surface area contributed by atoms with Gasteiger partial charge in [-0.05, 0) is 42.0 Å². The third-order valence-corrected chi connectivity index (χ3v) is 6.71. The zero-order chi connectivity index (χ0) is 28.6. The molecule has 208 valence electrons. The van der Waals surface area contributed by atoms with Gasteiger partial charge in [0.15, 0.2) is 0 Å². The third kappa shape index (κ3) is 6.68.